The summed E-state index contributed by atoms with van der Waals surface area (Å²) in [6.07, 6.45) is 17.9. The Morgan fingerprint density at radius 3 is 1.10 bits per heavy atom. The van der Waals surface area contributed by atoms with Gasteiger partial charge in [0, 0.05) is 12.8 Å². The molecule has 0 aliphatic carbocycles. The Balaban J connectivity index is 1.79. The van der Waals surface area contributed by atoms with Gasteiger partial charge in [-0.15, -0.1) is 0 Å². The van der Waals surface area contributed by atoms with E-state index in [4.69, 9.17) is 14.5 Å². The fourth-order valence-electron chi connectivity index (χ4n) is 3.51. The highest BCUT2D eigenvalue weighted by atomic mass is 17.3. The molecule has 3 heteroatoms. The molecular formula is C18H34O3. The van der Waals surface area contributed by atoms with Crippen LogP contribution in [0.2, 0.25) is 0 Å². The highest BCUT2D eigenvalue weighted by Crippen LogP contribution is 2.39. The van der Waals surface area contributed by atoms with Crippen molar-refractivity contribution in [1.82, 2.24) is 0 Å². The molecule has 0 aromatic heterocycles. The molecule has 0 spiro atoms. The summed E-state index contributed by atoms with van der Waals surface area (Å²) in [4.78, 5) is 11.1. The molecule has 0 unspecified atom stereocenters. The molecule has 21 heavy (non-hydrogen) atoms. The third kappa shape index (κ3) is 6.25. The van der Waals surface area contributed by atoms with Gasteiger partial charge in [0.2, 0.25) is 11.6 Å². The van der Waals surface area contributed by atoms with Crippen LogP contribution in [0.5, 0.6) is 0 Å². The summed E-state index contributed by atoms with van der Waals surface area (Å²) in [6.45, 7) is 4.04. The molecular weight excluding hydrogens is 264 g/mol. The SMILES string of the molecule is C[C@@]12CCCCCCCCCCCCCC[C@](C)(OO1)O2. The van der Waals surface area contributed by atoms with Gasteiger partial charge in [0.05, 0.1) is 0 Å². The fourth-order valence-corrected chi connectivity index (χ4v) is 3.51. The van der Waals surface area contributed by atoms with E-state index in [0.29, 0.717) is 0 Å². The summed E-state index contributed by atoms with van der Waals surface area (Å²) >= 11 is 0. The van der Waals surface area contributed by atoms with Crippen LogP contribution in [0.15, 0.2) is 0 Å². The first-order valence-electron chi connectivity index (χ1n) is 9.19. The van der Waals surface area contributed by atoms with Gasteiger partial charge in [0.1, 0.15) is 0 Å². The van der Waals surface area contributed by atoms with Gasteiger partial charge < -0.3 is 4.74 Å². The summed E-state index contributed by atoms with van der Waals surface area (Å²) in [6, 6.07) is 0. The second-order valence-electron chi connectivity index (χ2n) is 7.28. The third-order valence-corrected chi connectivity index (χ3v) is 4.84. The molecule has 2 fully saturated rings. The third-order valence-electron chi connectivity index (χ3n) is 4.84. The van der Waals surface area contributed by atoms with Crippen LogP contribution in [0.3, 0.4) is 0 Å². The zero-order valence-electron chi connectivity index (χ0n) is 14.1. The van der Waals surface area contributed by atoms with E-state index in [-0.39, 0.29) is 0 Å². The molecule has 2 heterocycles. The first-order chi connectivity index (χ1) is 10.1. The number of fused-ring (bicyclic) bond motifs is 2. The Bertz CT molecular complexity index is 266. The van der Waals surface area contributed by atoms with E-state index < -0.39 is 11.6 Å². The molecule has 2 saturated heterocycles. The van der Waals surface area contributed by atoms with Crippen molar-refractivity contribution in [3.63, 3.8) is 0 Å². The van der Waals surface area contributed by atoms with Crippen molar-refractivity contribution in [2.24, 2.45) is 0 Å². The minimum Gasteiger partial charge on any atom is -0.313 e. The van der Waals surface area contributed by atoms with Crippen LogP contribution >= 0.6 is 0 Å². The van der Waals surface area contributed by atoms with E-state index in [2.05, 4.69) is 0 Å². The van der Waals surface area contributed by atoms with Crippen molar-refractivity contribution < 1.29 is 14.5 Å². The van der Waals surface area contributed by atoms with Gasteiger partial charge in [-0.05, 0) is 26.7 Å². The Labute approximate surface area is 130 Å². The number of rotatable bonds is 0. The first-order valence-corrected chi connectivity index (χ1v) is 9.19. The quantitative estimate of drug-likeness (QED) is 0.523. The fraction of sp³-hybridized carbons (Fsp3) is 1.00. The van der Waals surface area contributed by atoms with Gasteiger partial charge >= 0.3 is 0 Å². The summed E-state index contributed by atoms with van der Waals surface area (Å²) in [5, 5.41) is 0. The lowest BCUT2D eigenvalue weighted by Gasteiger charge is -2.24. The zero-order valence-corrected chi connectivity index (χ0v) is 14.1. The van der Waals surface area contributed by atoms with E-state index in [0.717, 1.165) is 25.7 Å². The molecule has 2 aliphatic heterocycles. The maximum Gasteiger partial charge on any atom is 0.202 e. The summed E-state index contributed by atoms with van der Waals surface area (Å²) in [5.74, 6) is -1.08. The highest BCUT2D eigenvalue weighted by Gasteiger charge is 2.46. The molecule has 3 nitrogen and oxygen atoms in total. The molecule has 0 aromatic carbocycles. The number of ether oxygens (including phenoxy) is 1. The van der Waals surface area contributed by atoms with Gasteiger partial charge in [-0.2, -0.15) is 9.78 Å². The summed E-state index contributed by atoms with van der Waals surface area (Å²) in [7, 11) is 0. The maximum atomic E-state index is 6.12. The average Bonchev–Trinajstić information content (AvgIpc) is 2.75. The minimum atomic E-state index is -0.539. The van der Waals surface area contributed by atoms with Crippen LogP contribution in [0, 0.1) is 0 Å². The molecule has 2 aliphatic rings. The Morgan fingerprint density at radius 1 is 0.476 bits per heavy atom. The Kier molecular flexibility index (Phi) is 6.97. The first kappa shape index (κ1) is 17.2. The lowest BCUT2D eigenvalue weighted by atomic mass is 10.0. The Hall–Kier alpha value is -0.120. The molecule has 2 rings (SSSR count). The highest BCUT2D eigenvalue weighted by molar-refractivity contribution is 4.74. The van der Waals surface area contributed by atoms with Crippen molar-refractivity contribution in [1.29, 1.82) is 0 Å². The zero-order chi connectivity index (χ0) is 15.0. The van der Waals surface area contributed by atoms with Gasteiger partial charge in [-0.25, -0.2) is 0 Å². The molecule has 2 bridgehead atoms. The van der Waals surface area contributed by atoms with Gasteiger partial charge in [-0.1, -0.05) is 64.2 Å². The monoisotopic (exact) mass is 298 g/mol. The smallest absolute Gasteiger partial charge is 0.202 e. The molecule has 124 valence electrons. The van der Waals surface area contributed by atoms with Gasteiger partial charge in [0.15, 0.2) is 0 Å². The van der Waals surface area contributed by atoms with Crippen LogP contribution in [0.4, 0.5) is 0 Å². The van der Waals surface area contributed by atoms with Crippen molar-refractivity contribution in [3.8, 4) is 0 Å². The lowest BCUT2D eigenvalue weighted by molar-refractivity contribution is -0.346. The predicted molar refractivity (Wildman–Crippen MR) is 84.7 cm³/mol. The molecule has 0 saturated carbocycles. The van der Waals surface area contributed by atoms with E-state index in [1.807, 2.05) is 13.8 Å². The average molecular weight is 298 g/mol. The normalized spacial score (nSPS) is 38.0. The van der Waals surface area contributed by atoms with Crippen molar-refractivity contribution >= 4 is 0 Å². The van der Waals surface area contributed by atoms with Crippen molar-refractivity contribution in [2.45, 2.75) is 115 Å². The van der Waals surface area contributed by atoms with Crippen molar-refractivity contribution in [3.05, 3.63) is 0 Å². The summed E-state index contributed by atoms with van der Waals surface area (Å²) < 4.78 is 6.12. The number of hydrogen-bond acceptors (Lipinski definition) is 3. The van der Waals surface area contributed by atoms with Gasteiger partial charge in [0.25, 0.3) is 0 Å². The van der Waals surface area contributed by atoms with E-state index >= 15 is 0 Å². The molecule has 0 N–H and O–H groups in total. The molecule has 0 amide bonds. The van der Waals surface area contributed by atoms with Crippen molar-refractivity contribution in [2.75, 3.05) is 0 Å². The Morgan fingerprint density at radius 2 is 0.762 bits per heavy atom. The number of hydrogen-bond donors (Lipinski definition) is 0. The second kappa shape index (κ2) is 8.50. The molecule has 0 aromatic rings. The van der Waals surface area contributed by atoms with E-state index in [1.165, 1.54) is 64.2 Å². The largest absolute Gasteiger partial charge is 0.313 e. The summed E-state index contributed by atoms with van der Waals surface area (Å²) in [5.41, 5.74) is 0. The lowest BCUT2D eigenvalue weighted by Crippen LogP contribution is -2.32. The van der Waals surface area contributed by atoms with Crippen LogP contribution in [0.1, 0.15) is 104 Å². The maximum absolute atomic E-state index is 6.12. The van der Waals surface area contributed by atoms with E-state index in [1.54, 1.807) is 0 Å². The van der Waals surface area contributed by atoms with E-state index in [9.17, 15) is 0 Å². The van der Waals surface area contributed by atoms with Crippen LogP contribution in [0.25, 0.3) is 0 Å². The minimum absolute atomic E-state index is 0.539. The second-order valence-corrected chi connectivity index (χ2v) is 7.28. The van der Waals surface area contributed by atoms with Crippen LogP contribution in [-0.4, -0.2) is 11.6 Å². The van der Waals surface area contributed by atoms with Crippen LogP contribution < -0.4 is 0 Å². The molecule has 2 atom stereocenters. The topological polar surface area (TPSA) is 27.7 Å². The predicted octanol–water partition coefficient (Wildman–Crippen LogP) is 5.87. The standard InChI is InChI=1S/C18H34O3/c1-17-15-13-11-9-7-5-3-4-6-8-10-12-14-16-18(2,19-17)21-20-17/h3-16H2,1-2H3/t17-,18-/m0/s1. The molecule has 0 radical (unpaired) electrons. The van der Waals surface area contributed by atoms with Crippen LogP contribution in [-0.2, 0) is 14.5 Å². The van der Waals surface area contributed by atoms with Gasteiger partial charge in [-0.3, -0.25) is 0 Å².